The van der Waals surface area contributed by atoms with E-state index < -0.39 is 6.10 Å². The molecule has 0 amide bonds. The fraction of sp³-hybridized carbons (Fsp3) is 0.667. The molecule has 1 aromatic rings. The molecule has 0 spiro atoms. The van der Waals surface area contributed by atoms with Crippen molar-refractivity contribution in [2.45, 2.75) is 76.9 Å². The van der Waals surface area contributed by atoms with E-state index in [9.17, 15) is 9.90 Å². The van der Waals surface area contributed by atoms with Crippen molar-refractivity contribution in [2.24, 2.45) is 0 Å². The van der Waals surface area contributed by atoms with E-state index in [2.05, 4.69) is 6.92 Å². The van der Waals surface area contributed by atoms with Crippen LogP contribution in [0.15, 0.2) is 30.3 Å². The summed E-state index contributed by atoms with van der Waals surface area (Å²) in [4.78, 5) is 12.5. The minimum Gasteiger partial charge on any atom is -0.393 e. The van der Waals surface area contributed by atoms with Crippen LogP contribution in [0.4, 0.5) is 0 Å². The predicted octanol–water partition coefficient (Wildman–Crippen LogP) is 5.39. The number of ether oxygens (including phenoxy) is 1. The minimum atomic E-state index is -0.761. The smallest absolute Gasteiger partial charge is 0.193 e. The molecule has 3 nitrogen and oxygen atoms in total. The third-order valence-electron chi connectivity index (χ3n) is 4.39. The number of alkyl halides is 1. The lowest BCUT2D eigenvalue weighted by molar-refractivity contribution is -0.0326. The van der Waals surface area contributed by atoms with E-state index in [0.29, 0.717) is 5.56 Å². The molecular weight excluding hydrogens is 336 g/mol. The minimum absolute atomic E-state index is 0.0395. The number of aliphatic hydroxyl groups is 1. The molecule has 0 radical (unpaired) electrons. The molecule has 0 aliphatic carbocycles. The number of hydrogen-bond acceptors (Lipinski definition) is 3. The van der Waals surface area contributed by atoms with Gasteiger partial charge in [0.2, 0.25) is 0 Å². The van der Waals surface area contributed by atoms with Crippen molar-refractivity contribution < 1.29 is 14.6 Å². The maximum Gasteiger partial charge on any atom is 0.193 e. The second kappa shape index (κ2) is 14.3. The quantitative estimate of drug-likeness (QED) is 0.256. The Kier molecular flexibility index (Phi) is 12.7. The van der Waals surface area contributed by atoms with Crippen molar-refractivity contribution in [1.29, 1.82) is 0 Å². The van der Waals surface area contributed by atoms with Crippen molar-refractivity contribution in [3.63, 3.8) is 0 Å². The molecule has 0 fully saturated rings. The summed E-state index contributed by atoms with van der Waals surface area (Å²) in [5.74, 6) is 0.620. The van der Waals surface area contributed by atoms with Gasteiger partial charge in [0.15, 0.2) is 5.78 Å². The highest BCUT2D eigenvalue weighted by Gasteiger charge is 2.23. The molecule has 142 valence electrons. The van der Waals surface area contributed by atoms with Crippen LogP contribution in [0.1, 0.15) is 75.1 Å². The van der Waals surface area contributed by atoms with Crippen molar-refractivity contribution in [2.75, 3.05) is 12.5 Å². The molecule has 1 N–H and O–H groups in total. The summed E-state index contributed by atoms with van der Waals surface area (Å²) in [5, 5.41) is 9.61. The maximum absolute atomic E-state index is 12.5. The molecule has 0 saturated carbocycles. The number of hydrogen-bond donors (Lipinski definition) is 1. The number of carbonyl (C=O) groups is 1. The van der Waals surface area contributed by atoms with Crippen molar-refractivity contribution >= 4 is 17.4 Å². The van der Waals surface area contributed by atoms with Gasteiger partial charge in [-0.25, -0.2) is 0 Å². The van der Waals surface area contributed by atoms with Gasteiger partial charge >= 0.3 is 0 Å². The van der Waals surface area contributed by atoms with Crippen molar-refractivity contribution in [1.82, 2.24) is 0 Å². The molecular formula is C21H33ClO3. The molecule has 4 heteroatoms. The van der Waals surface area contributed by atoms with Gasteiger partial charge in [0, 0.05) is 11.4 Å². The van der Waals surface area contributed by atoms with Crippen LogP contribution in [0.2, 0.25) is 0 Å². The van der Waals surface area contributed by atoms with E-state index in [0.717, 1.165) is 38.0 Å². The van der Waals surface area contributed by atoms with Crippen LogP contribution < -0.4 is 0 Å². The zero-order chi connectivity index (χ0) is 18.3. The Labute approximate surface area is 157 Å². The van der Waals surface area contributed by atoms with E-state index >= 15 is 0 Å². The third-order valence-corrected chi connectivity index (χ3v) is 4.66. The molecule has 0 bridgehead atoms. The largest absolute Gasteiger partial charge is 0.393 e. The Bertz CT molecular complexity index is 450. The molecule has 0 saturated heterocycles. The van der Waals surface area contributed by atoms with Crippen molar-refractivity contribution in [3.8, 4) is 0 Å². The fourth-order valence-corrected chi connectivity index (χ4v) is 3.17. The first kappa shape index (κ1) is 22.1. The average Bonchev–Trinajstić information content (AvgIpc) is 2.65. The van der Waals surface area contributed by atoms with Gasteiger partial charge in [-0.3, -0.25) is 4.79 Å². The van der Waals surface area contributed by atoms with Gasteiger partial charge in [-0.05, 0) is 19.3 Å². The van der Waals surface area contributed by atoms with Gasteiger partial charge in [-0.2, -0.15) is 0 Å². The van der Waals surface area contributed by atoms with Gasteiger partial charge in [-0.15, -0.1) is 11.6 Å². The van der Waals surface area contributed by atoms with Crippen LogP contribution in [-0.4, -0.2) is 35.6 Å². The number of unbranched alkanes of at least 4 members (excludes halogenated alkanes) is 5. The van der Waals surface area contributed by atoms with Crippen LogP contribution in [0.3, 0.4) is 0 Å². The van der Waals surface area contributed by atoms with Crippen molar-refractivity contribution in [3.05, 3.63) is 35.9 Å². The van der Waals surface area contributed by atoms with Crippen LogP contribution >= 0.6 is 11.6 Å². The lowest BCUT2D eigenvalue weighted by Gasteiger charge is -2.23. The zero-order valence-electron chi connectivity index (χ0n) is 15.5. The van der Waals surface area contributed by atoms with Gasteiger partial charge in [-0.1, -0.05) is 75.8 Å². The van der Waals surface area contributed by atoms with Crippen LogP contribution in [0, 0.1) is 0 Å². The van der Waals surface area contributed by atoms with Crippen LogP contribution in [-0.2, 0) is 4.74 Å². The highest BCUT2D eigenvalue weighted by molar-refractivity contribution is 6.17. The fourth-order valence-electron chi connectivity index (χ4n) is 2.98. The van der Waals surface area contributed by atoms with E-state index in [1.54, 1.807) is 12.1 Å². The maximum atomic E-state index is 12.5. The third kappa shape index (κ3) is 9.39. The lowest BCUT2D eigenvalue weighted by atomic mass is 10.0. The van der Waals surface area contributed by atoms with Crippen LogP contribution in [0.25, 0.3) is 0 Å². The summed E-state index contributed by atoms with van der Waals surface area (Å²) in [6.45, 7) is 1.85. The molecule has 2 unspecified atom stereocenters. The second-order valence-corrected chi connectivity index (χ2v) is 6.93. The summed E-state index contributed by atoms with van der Waals surface area (Å²) in [6, 6.07) is 9.07. The van der Waals surface area contributed by atoms with Gasteiger partial charge in [0.05, 0.1) is 12.7 Å². The van der Waals surface area contributed by atoms with E-state index in [-0.39, 0.29) is 18.5 Å². The number of aliphatic hydroxyl groups excluding tert-OH is 1. The first-order valence-corrected chi connectivity index (χ1v) is 10.2. The van der Waals surface area contributed by atoms with E-state index in [1.807, 2.05) is 18.2 Å². The summed E-state index contributed by atoms with van der Waals surface area (Å²) >= 11 is 5.69. The number of Topliss-reactive ketones (excluding diaryl/α,β-unsaturated/α-hetero) is 1. The number of carbonyl (C=O) groups excluding carboxylic acids is 1. The first-order chi connectivity index (χ1) is 12.2. The summed E-state index contributed by atoms with van der Waals surface area (Å²) in [7, 11) is 0. The summed E-state index contributed by atoms with van der Waals surface area (Å²) in [6.07, 6.45) is 9.20. The standard InChI is InChI=1S/C21H33ClO3/c1-2-12-19(15-10-5-3-4-6-11-16-22)25-20(17-23)21(24)18-13-8-7-9-14-18/h7-9,13-14,19-20,23H,2-6,10-12,15-17H2,1H3. The average molecular weight is 369 g/mol. The lowest BCUT2D eigenvalue weighted by Crippen LogP contribution is -2.32. The molecule has 0 aliphatic rings. The monoisotopic (exact) mass is 368 g/mol. The molecule has 0 aromatic heterocycles. The Morgan fingerprint density at radius 1 is 1.04 bits per heavy atom. The first-order valence-electron chi connectivity index (χ1n) is 9.64. The number of halogens is 1. The summed E-state index contributed by atoms with van der Waals surface area (Å²) < 4.78 is 5.98. The van der Waals surface area contributed by atoms with Crippen LogP contribution in [0.5, 0.6) is 0 Å². The molecule has 0 aliphatic heterocycles. The predicted molar refractivity (Wildman–Crippen MR) is 104 cm³/mol. The summed E-state index contributed by atoms with van der Waals surface area (Å²) in [5.41, 5.74) is 0.594. The number of ketones is 1. The zero-order valence-corrected chi connectivity index (χ0v) is 16.2. The SMILES string of the molecule is CCCC(CCCCCCCCCl)OC(CO)C(=O)c1ccccc1. The Morgan fingerprint density at radius 2 is 1.68 bits per heavy atom. The Hall–Kier alpha value is -0.900. The topological polar surface area (TPSA) is 46.5 Å². The van der Waals surface area contributed by atoms with Gasteiger partial charge in [0.25, 0.3) is 0 Å². The normalized spacial score (nSPS) is 13.6. The van der Waals surface area contributed by atoms with Gasteiger partial charge < -0.3 is 9.84 Å². The molecule has 25 heavy (non-hydrogen) atoms. The molecule has 1 aromatic carbocycles. The second-order valence-electron chi connectivity index (χ2n) is 6.55. The van der Waals surface area contributed by atoms with Gasteiger partial charge in [0.1, 0.15) is 6.10 Å². The van der Waals surface area contributed by atoms with E-state index in [1.165, 1.54) is 25.7 Å². The molecule has 1 rings (SSSR count). The number of benzene rings is 1. The molecule has 0 heterocycles. The highest BCUT2D eigenvalue weighted by atomic mass is 35.5. The molecule has 2 atom stereocenters. The Morgan fingerprint density at radius 3 is 2.28 bits per heavy atom. The Balaban J connectivity index is 2.41. The van der Waals surface area contributed by atoms with E-state index in [4.69, 9.17) is 16.3 Å². The number of rotatable bonds is 15. The highest BCUT2D eigenvalue weighted by Crippen LogP contribution is 2.17.